The van der Waals surface area contributed by atoms with Crippen LogP contribution >= 0.6 is 0 Å². The van der Waals surface area contributed by atoms with Crippen molar-refractivity contribution in [1.82, 2.24) is 10.3 Å². The molecule has 0 atom stereocenters. The maximum absolute atomic E-state index is 4.38. The maximum Gasteiger partial charge on any atom is 0.0837 e. The van der Waals surface area contributed by atoms with E-state index in [9.17, 15) is 0 Å². The molecule has 0 radical (unpaired) electrons. The lowest BCUT2D eigenvalue weighted by Gasteiger charge is -1.99. The van der Waals surface area contributed by atoms with Gasteiger partial charge in [-0.2, -0.15) is 0 Å². The van der Waals surface area contributed by atoms with Crippen LogP contribution < -0.4 is 5.32 Å². The van der Waals surface area contributed by atoms with Crippen molar-refractivity contribution >= 4 is 5.71 Å². The summed E-state index contributed by atoms with van der Waals surface area (Å²) in [4.78, 5) is 8.58. The van der Waals surface area contributed by atoms with Gasteiger partial charge < -0.3 is 5.32 Å². The van der Waals surface area contributed by atoms with Crippen molar-refractivity contribution in [2.45, 2.75) is 6.92 Å². The molecule has 0 fully saturated rings. The predicted octanol–water partition coefficient (Wildman–Crippen LogP) is 1.11. The average molecular weight is 177 g/mol. The third-order valence-corrected chi connectivity index (χ3v) is 1.75. The van der Waals surface area contributed by atoms with Crippen LogP contribution in [0.4, 0.5) is 0 Å². The Morgan fingerprint density at radius 1 is 1.54 bits per heavy atom. The van der Waals surface area contributed by atoms with Gasteiger partial charge in [-0.25, -0.2) is 0 Å². The lowest BCUT2D eigenvalue weighted by molar-refractivity contribution is 0.802. The number of pyridine rings is 1. The molecule has 0 unspecified atom stereocenters. The van der Waals surface area contributed by atoms with Gasteiger partial charge in [0.15, 0.2) is 0 Å². The highest BCUT2D eigenvalue weighted by molar-refractivity contribution is 5.96. The van der Waals surface area contributed by atoms with Crippen LogP contribution in [0.25, 0.3) is 0 Å². The fourth-order valence-corrected chi connectivity index (χ4v) is 0.993. The van der Waals surface area contributed by atoms with Crippen molar-refractivity contribution in [2.75, 3.05) is 20.1 Å². The standard InChI is InChI=1S/C10H15N3/c1-9(12-8-7-11-2)10-5-3-4-6-13-10/h3-6,11H,7-8H2,1-2H3. The number of aliphatic imine (C=N–C) groups is 1. The lowest BCUT2D eigenvalue weighted by Crippen LogP contribution is -2.12. The molecule has 1 aromatic rings. The van der Waals surface area contributed by atoms with E-state index in [2.05, 4.69) is 15.3 Å². The van der Waals surface area contributed by atoms with Gasteiger partial charge in [0, 0.05) is 12.7 Å². The summed E-state index contributed by atoms with van der Waals surface area (Å²) in [5, 5.41) is 3.05. The van der Waals surface area contributed by atoms with E-state index in [0.29, 0.717) is 0 Å². The van der Waals surface area contributed by atoms with Gasteiger partial charge in [0.25, 0.3) is 0 Å². The molecule has 0 saturated carbocycles. The smallest absolute Gasteiger partial charge is 0.0837 e. The van der Waals surface area contributed by atoms with E-state index in [1.165, 1.54) is 0 Å². The first-order chi connectivity index (χ1) is 6.34. The fraction of sp³-hybridized carbons (Fsp3) is 0.400. The normalized spacial score (nSPS) is 11.7. The Morgan fingerprint density at radius 3 is 3.00 bits per heavy atom. The van der Waals surface area contributed by atoms with E-state index < -0.39 is 0 Å². The van der Waals surface area contributed by atoms with Crippen LogP contribution in [0.2, 0.25) is 0 Å². The molecule has 70 valence electrons. The minimum atomic E-state index is 0.804. The fourth-order valence-electron chi connectivity index (χ4n) is 0.993. The minimum absolute atomic E-state index is 0.804. The molecule has 0 amide bonds. The molecule has 1 aromatic heterocycles. The summed E-state index contributed by atoms with van der Waals surface area (Å²) in [6, 6.07) is 5.85. The first kappa shape index (κ1) is 9.86. The van der Waals surface area contributed by atoms with Gasteiger partial charge >= 0.3 is 0 Å². The Balaban J connectivity index is 2.57. The number of nitrogens with zero attached hydrogens (tertiary/aromatic N) is 2. The Labute approximate surface area is 78.9 Å². The van der Waals surface area contributed by atoms with Gasteiger partial charge in [0.2, 0.25) is 0 Å². The van der Waals surface area contributed by atoms with Crippen molar-refractivity contribution < 1.29 is 0 Å². The highest BCUT2D eigenvalue weighted by atomic mass is 14.9. The number of rotatable bonds is 4. The van der Waals surface area contributed by atoms with Gasteiger partial charge in [-0.3, -0.25) is 9.98 Å². The predicted molar refractivity (Wildman–Crippen MR) is 55.2 cm³/mol. The molecule has 0 bridgehead atoms. The van der Waals surface area contributed by atoms with Gasteiger partial charge in [-0.15, -0.1) is 0 Å². The van der Waals surface area contributed by atoms with Gasteiger partial charge in [-0.1, -0.05) is 6.07 Å². The van der Waals surface area contributed by atoms with Crippen LogP contribution in [0.1, 0.15) is 12.6 Å². The summed E-state index contributed by atoms with van der Waals surface area (Å²) < 4.78 is 0. The van der Waals surface area contributed by atoms with Crippen LogP contribution in [0.3, 0.4) is 0 Å². The Bertz CT molecular complexity index is 267. The number of hydrogen-bond donors (Lipinski definition) is 1. The number of likely N-dealkylation sites (N-methyl/N-ethyl adjacent to an activating group) is 1. The zero-order chi connectivity index (χ0) is 9.52. The molecule has 3 nitrogen and oxygen atoms in total. The van der Waals surface area contributed by atoms with Crippen LogP contribution in [0.5, 0.6) is 0 Å². The summed E-state index contributed by atoms with van der Waals surface area (Å²) in [6.45, 7) is 3.70. The molecular formula is C10H15N3. The second-order valence-corrected chi connectivity index (χ2v) is 2.79. The zero-order valence-corrected chi connectivity index (χ0v) is 8.12. The first-order valence-electron chi connectivity index (χ1n) is 4.41. The van der Waals surface area contributed by atoms with Crippen molar-refractivity contribution in [3.8, 4) is 0 Å². The second-order valence-electron chi connectivity index (χ2n) is 2.79. The van der Waals surface area contributed by atoms with Crippen LogP contribution in [-0.4, -0.2) is 30.8 Å². The lowest BCUT2D eigenvalue weighted by atomic mass is 10.2. The SMILES string of the molecule is CNCCN=C(C)c1ccccn1. The third kappa shape index (κ3) is 3.34. The van der Waals surface area contributed by atoms with E-state index in [0.717, 1.165) is 24.5 Å². The van der Waals surface area contributed by atoms with E-state index in [1.54, 1.807) is 6.20 Å². The summed E-state index contributed by atoms with van der Waals surface area (Å²) in [5.41, 5.74) is 1.95. The molecule has 0 spiro atoms. The van der Waals surface area contributed by atoms with Crippen molar-refractivity contribution in [2.24, 2.45) is 4.99 Å². The monoisotopic (exact) mass is 177 g/mol. The van der Waals surface area contributed by atoms with E-state index in [4.69, 9.17) is 0 Å². The number of nitrogens with one attached hydrogen (secondary N) is 1. The quantitative estimate of drug-likeness (QED) is 0.552. The first-order valence-corrected chi connectivity index (χ1v) is 4.41. The van der Waals surface area contributed by atoms with Crippen LogP contribution in [-0.2, 0) is 0 Å². The molecule has 1 heterocycles. The van der Waals surface area contributed by atoms with Crippen LogP contribution in [0.15, 0.2) is 29.4 Å². The summed E-state index contributed by atoms with van der Waals surface area (Å²) in [7, 11) is 1.92. The molecular weight excluding hydrogens is 162 g/mol. The summed E-state index contributed by atoms with van der Waals surface area (Å²) in [5.74, 6) is 0. The summed E-state index contributed by atoms with van der Waals surface area (Å²) >= 11 is 0. The van der Waals surface area contributed by atoms with E-state index >= 15 is 0 Å². The Hall–Kier alpha value is -1.22. The van der Waals surface area contributed by atoms with Crippen molar-refractivity contribution in [3.05, 3.63) is 30.1 Å². The molecule has 0 aliphatic rings. The topological polar surface area (TPSA) is 37.3 Å². The molecule has 0 aliphatic carbocycles. The Kier molecular flexibility index (Phi) is 4.12. The molecule has 3 heteroatoms. The highest BCUT2D eigenvalue weighted by Gasteiger charge is 1.95. The van der Waals surface area contributed by atoms with Crippen molar-refractivity contribution in [1.29, 1.82) is 0 Å². The van der Waals surface area contributed by atoms with Gasteiger partial charge in [0.1, 0.15) is 0 Å². The molecule has 1 N–H and O–H groups in total. The molecule has 0 saturated heterocycles. The van der Waals surface area contributed by atoms with E-state index in [1.807, 2.05) is 32.2 Å². The van der Waals surface area contributed by atoms with Crippen molar-refractivity contribution in [3.63, 3.8) is 0 Å². The molecule has 13 heavy (non-hydrogen) atoms. The third-order valence-electron chi connectivity index (χ3n) is 1.75. The summed E-state index contributed by atoms with van der Waals surface area (Å²) in [6.07, 6.45) is 1.78. The van der Waals surface area contributed by atoms with Crippen LogP contribution in [0, 0.1) is 0 Å². The second kappa shape index (κ2) is 5.43. The average Bonchev–Trinajstić information content (AvgIpc) is 2.19. The molecule has 0 aromatic carbocycles. The van der Waals surface area contributed by atoms with Gasteiger partial charge in [0.05, 0.1) is 18.0 Å². The number of hydrogen-bond acceptors (Lipinski definition) is 3. The van der Waals surface area contributed by atoms with E-state index in [-0.39, 0.29) is 0 Å². The largest absolute Gasteiger partial charge is 0.318 e. The molecule has 1 rings (SSSR count). The zero-order valence-electron chi connectivity index (χ0n) is 8.12. The highest BCUT2D eigenvalue weighted by Crippen LogP contribution is 1.95. The molecule has 0 aliphatic heterocycles. The Morgan fingerprint density at radius 2 is 2.38 bits per heavy atom. The minimum Gasteiger partial charge on any atom is -0.318 e. The van der Waals surface area contributed by atoms with Gasteiger partial charge in [-0.05, 0) is 26.1 Å². The maximum atomic E-state index is 4.38. The number of aromatic nitrogens is 1.